The minimum Gasteiger partial charge on any atom is -0.374 e. The van der Waals surface area contributed by atoms with Gasteiger partial charge in [0.2, 0.25) is 5.91 Å². The van der Waals surface area contributed by atoms with Crippen LogP contribution in [0.1, 0.15) is 25.7 Å². The molecule has 0 bridgehead atoms. The summed E-state index contributed by atoms with van der Waals surface area (Å²) >= 11 is 0. The molecule has 4 rings (SSSR count). The Balaban J connectivity index is 1.32. The lowest BCUT2D eigenvalue weighted by atomic mass is 9.90. The predicted molar refractivity (Wildman–Crippen MR) is 92.1 cm³/mol. The monoisotopic (exact) mass is 348 g/mol. The van der Waals surface area contributed by atoms with Crippen molar-refractivity contribution in [3.8, 4) is 0 Å². The lowest BCUT2D eigenvalue weighted by molar-refractivity contribution is -0.152. The standard InChI is InChI=1S/C18H28N4O3/c23-18(22-9-11-25-17-5-2-1-4-16(17)22)14-20-8-10-24-15(12-20)13-21-7-3-6-19-21/h3,6-7,15-17H,1-2,4-5,8-14H2/t15-,16+,17+/m0/s1. The van der Waals surface area contributed by atoms with E-state index in [2.05, 4.69) is 14.9 Å². The summed E-state index contributed by atoms with van der Waals surface area (Å²) in [5, 5.41) is 4.24. The summed E-state index contributed by atoms with van der Waals surface area (Å²) in [6.45, 7) is 4.92. The molecule has 3 aliphatic rings. The summed E-state index contributed by atoms with van der Waals surface area (Å²) < 4.78 is 13.6. The number of carbonyl (C=O) groups is 1. The highest BCUT2D eigenvalue weighted by atomic mass is 16.5. The van der Waals surface area contributed by atoms with Crippen LogP contribution in [-0.2, 0) is 20.8 Å². The molecule has 7 nitrogen and oxygen atoms in total. The van der Waals surface area contributed by atoms with Crippen molar-refractivity contribution in [1.82, 2.24) is 19.6 Å². The molecule has 0 spiro atoms. The van der Waals surface area contributed by atoms with Crippen molar-refractivity contribution in [3.63, 3.8) is 0 Å². The third kappa shape index (κ3) is 4.04. The smallest absolute Gasteiger partial charge is 0.237 e. The first-order chi connectivity index (χ1) is 12.3. The van der Waals surface area contributed by atoms with Crippen LogP contribution in [0.25, 0.3) is 0 Å². The van der Waals surface area contributed by atoms with Gasteiger partial charge < -0.3 is 14.4 Å². The Kier molecular flexibility index (Phi) is 5.33. The van der Waals surface area contributed by atoms with Gasteiger partial charge in [0, 0.05) is 32.0 Å². The predicted octanol–water partition coefficient (Wildman–Crippen LogP) is 0.754. The topological polar surface area (TPSA) is 59.8 Å². The van der Waals surface area contributed by atoms with Gasteiger partial charge in [-0.05, 0) is 18.9 Å². The number of carbonyl (C=O) groups excluding carboxylic acids is 1. The van der Waals surface area contributed by atoms with Crippen LogP contribution < -0.4 is 0 Å². The number of amides is 1. The van der Waals surface area contributed by atoms with Gasteiger partial charge in [0.15, 0.2) is 0 Å². The van der Waals surface area contributed by atoms with Crippen LogP contribution in [0.4, 0.5) is 0 Å². The molecule has 1 aromatic rings. The molecule has 3 fully saturated rings. The van der Waals surface area contributed by atoms with Crippen molar-refractivity contribution < 1.29 is 14.3 Å². The van der Waals surface area contributed by atoms with Crippen molar-refractivity contribution in [2.75, 3.05) is 39.4 Å². The van der Waals surface area contributed by atoms with Gasteiger partial charge in [-0.25, -0.2) is 0 Å². The molecular formula is C18H28N4O3. The minimum atomic E-state index is 0.0913. The molecule has 0 N–H and O–H groups in total. The number of fused-ring (bicyclic) bond motifs is 1. The molecule has 1 saturated carbocycles. The average molecular weight is 348 g/mol. The van der Waals surface area contributed by atoms with Gasteiger partial charge in [-0.2, -0.15) is 5.10 Å². The molecule has 1 amide bonds. The molecule has 0 unspecified atom stereocenters. The zero-order chi connectivity index (χ0) is 17.1. The van der Waals surface area contributed by atoms with Crippen LogP contribution in [0.3, 0.4) is 0 Å². The highest BCUT2D eigenvalue weighted by molar-refractivity contribution is 5.78. The maximum atomic E-state index is 12.9. The van der Waals surface area contributed by atoms with E-state index in [1.165, 1.54) is 12.8 Å². The number of aromatic nitrogens is 2. The quantitative estimate of drug-likeness (QED) is 0.804. The molecule has 3 atom stereocenters. The number of hydrogen-bond donors (Lipinski definition) is 0. The second-order valence-corrected chi connectivity index (χ2v) is 7.30. The van der Waals surface area contributed by atoms with E-state index >= 15 is 0 Å². The van der Waals surface area contributed by atoms with Crippen LogP contribution in [0.15, 0.2) is 18.5 Å². The molecule has 7 heteroatoms. The molecule has 3 heterocycles. The molecule has 0 aromatic carbocycles. The Hall–Kier alpha value is -1.44. The number of morpholine rings is 2. The van der Waals surface area contributed by atoms with Crippen LogP contribution >= 0.6 is 0 Å². The van der Waals surface area contributed by atoms with Crippen LogP contribution in [0.2, 0.25) is 0 Å². The third-order valence-corrected chi connectivity index (χ3v) is 5.58. The van der Waals surface area contributed by atoms with E-state index in [4.69, 9.17) is 9.47 Å². The van der Waals surface area contributed by atoms with Gasteiger partial charge in [0.05, 0.1) is 44.6 Å². The first-order valence-corrected chi connectivity index (χ1v) is 9.52. The lowest BCUT2D eigenvalue weighted by Crippen LogP contribution is -2.57. The van der Waals surface area contributed by atoms with E-state index < -0.39 is 0 Å². The highest BCUT2D eigenvalue weighted by Crippen LogP contribution is 2.28. The fourth-order valence-corrected chi connectivity index (χ4v) is 4.34. The van der Waals surface area contributed by atoms with Crippen molar-refractivity contribution in [3.05, 3.63) is 18.5 Å². The molecule has 1 aromatic heterocycles. The summed E-state index contributed by atoms with van der Waals surface area (Å²) in [6.07, 6.45) is 8.68. The van der Waals surface area contributed by atoms with E-state index in [1.807, 2.05) is 16.9 Å². The molecule has 1 aliphatic carbocycles. The largest absolute Gasteiger partial charge is 0.374 e. The molecular weight excluding hydrogens is 320 g/mol. The summed E-state index contributed by atoms with van der Waals surface area (Å²) in [7, 11) is 0. The number of rotatable bonds is 4. The van der Waals surface area contributed by atoms with Crippen LogP contribution in [-0.4, -0.2) is 83.1 Å². The van der Waals surface area contributed by atoms with E-state index in [9.17, 15) is 4.79 Å². The third-order valence-electron chi connectivity index (χ3n) is 5.58. The van der Waals surface area contributed by atoms with E-state index in [0.29, 0.717) is 19.8 Å². The Labute approximate surface area is 148 Å². The van der Waals surface area contributed by atoms with E-state index in [-0.39, 0.29) is 24.2 Å². The SMILES string of the molecule is O=C(CN1CCO[C@H](Cn2cccn2)C1)N1CCO[C@@H]2CCCC[C@H]21. The van der Waals surface area contributed by atoms with Gasteiger partial charge in [-0.1, -0.05) is 12.8 Å². The van der Waals surface area contributed by atoms with Crippen molar-refractivity contribution >= 4 is 5.91 Å². The second kappa shape index (κ2) is 7.85. The molecule has 2 aliphatic heterocycles. The fourth-order valence-electron chi connectivity index (χ4n) is 4.34. The molecule has 2 saturated heterocycles. The molecule has 0 radical (unpaired) electrons. The molecule has 138 valence electrons. The first-order valence-electron chi connectivity index (χ1n) is 9.52. The second-order valence-electron chi connectivity index (χ2n) is 7.30. The van der Waals surface area contributed by atoms with Gasteiger partial charge in [-0.3, -0.25) is 14.4 Å². The lowest BCUT2D eigenvalue weighted by Gasteiger charge is -2.44. The summed E-state index contributed by atoms with van der Waals surface area (Å²) in [5.74, 6) is 0.250. The molecule has 25 heavy (non-hydrogen) atoms. The zero-order valence-corrected chi connectivity index (χ0v) is 14.8. The van der Waals surface area contributed by atoms with Crippen molar-refractivity contribution in [2.45, 2.75) is 50.5 Å². The number of ether oxygens (including phenoxy) is 2. The van der Waals surface area contributed by atoms with Gasteiger partial charge >= 0.3 is 0 Å². The van der Waals surface area contributed by atoms with Gasteiger partial charge in [0.25, 0.3) is 0 Å². The number of nitrogens with zero attached hydrogens (tertiary/aromatic N) is 4. The summed E-state index contributed by atoms with van der Waals surface area (Å²) in [4.78, 5) is 17.2. The summed E-state index contributed by atoms with van der Waals surface area (Å²) in [6, 6.07) is 2.21. The van der Waals surface area contributed by atoms with Gasteiger partial charge in [0.1, 0.15) is 0 Å². The Bertz CT molecular complexity index is 563. The fraction of sp³-hybridized carbons (Fsp3) is 0.778. The first kappa shape index (κ1) is 17.0. The summed E-state index contributed by atoms with van der Waals surface area (Å²) in [5.41, 5.74) is 0. The van der Waals surface area contributed by atoms with Crippen LogP contribution in [0, 0.1) is 0 Å². The minimum absolute atomic E-state index is 0.0913. The maximum absolute atomic E-state index is 12.9. The van der Waals surface area contributed by atoms with E-state index in [0.717, 1.165) is 39.0 Å². The normalized spacial score (nSPS) is 30.9. The van der Waals surface area contributed by atoms with E-state index in [1.54, 1.807) is 6.20 Å². The Morgan fingerprint density at radius 1 is 1.16 bits per heavy atom. The van der Waals surface area contributed by atoms with Crippen molar-refractivity contribution in [2.24, 2.45) is 0 Å². The average Bonchev–Trinajstić information content (AvgIpc) is 3.14. The Morgan fingerprint density at radius 2 is 2.04 bits per heavy atom. The zero-order valence-electron chi connectivity index (χ0n) is 14.8. The highest BCUT2D eigenvalue weighted by Gasteiger charge is 2.37. The Morgan fingerprint density at radius 3 is 2.92 bits per heavy atom. The number of hydrogen-bond acceptors (Lipinski definition) is 5. The van der Waals surface area contributed by atoms with Crippen molar-refractivity contribution in [1.29, 1.82) is 0 Å². The maximum Gasteiger partial charge on any atom is 0.237 e. The van der Waals surface area contributed by atoms with Crippen LogP contribution in [0.5, 0.6) is 0 Å². The van der Waals surface area contributed by atoms with Gasteiger partial charge in [-0.15, -0.1) is 0 Å².